The van der Waals surface area contributed by atoms with Crippen LogP contribution in [0.25, 0.3) is 0 Å². The molecule has 1 aromatic rings. The summed E-state index contributed by atoms with van der Waals surface area (Å²) >= 11 is 3.42. The zero-order chi connectivity index (χ0) is 35.1. The van der Waals surface area contributed by atoms with Crippen LogP contribution in [-0.2, 0) is 33.4 Å². The SMILES string of the molecule is COC(=O)[C@@]12C(=O)C3=C([C@H](OC(=O)c4ccc(Br)cc4)CC[C@@H]3C3=CC(=O)[C@@]4(C(=O)OC)[C@H](C)CC[C@@]4(C)[C@H]3C)[C@H](C)[C@]1(C)CC[C@H]2C. The van der Waals surface area contributed by atoms with Crippen LogP contribution in [0.2, 0.25) is 0 Å². The topological polar surface area (TPSA) is 113 Å². The van der Waals surface area contributed by atoms with Crippen LogP contribution < -0.4 is 0 Å². The number of carbonyl (C=O) groups excluding carboxylic acids is 5. The molecule has 1 aromatic carbocycles. The minimum Gasteiger partial charge on any atom is -0.468 e. The summed E-state index contributed by atoms with van der Waals surface area (Å²) in [6.07, 6.45) is 4.50. The number of hydrogen-bond acceptors (Lipinski definition) is 8. The lowest BCUT2D eigenvalue weighted by atomic mass is 9.46. The molecule has 258 valence electrons. The number of ether oxygens (including phenoxy) is 3. The van der Waals surface area contributed by atoms with Gasteiger partial charge in [-0.05, 0) is 109 Å². The zero-order valence-corrected chi connectivity index (χ0v) is 30.8. The molecule has 5 aliphatic rings. The fourth-order valence-corrected chi connectivity index (χ4v) is 11.5. The molecule has 0 saturated heterocycles. The maximum atomic E-state index is 15.4. The van der Waals surface area contributed by atoms with E-state index < -0.39 is 51.6 Å². The van der Waals surface area contributed by atoms with Gasteiger partial charge in [0, 0.05) is 16.0 Å². The molecule has 48 heavy (non-hydrogen) atoms. The van der Waals surface area contributed by atoms with E-state index in [4.69, 9.17) is 14.2 Å². The molecule has 9 heteroatoms. The number of fused-ring (bicyclic) bond motifs is 2. The van der Waals surface area contributed by atoms with E-state index in [9.17, 15) is 19.2 Å². The number of rotatable bonds is 5. The van der Waals surface area contributed by atoms with Gasteiger partial charge in [0.05, 0.1) is 19.8 Å². The quantitative estimate of drug-likeness (QED) is 0.178. The van der Waals surface area contributed by atoms with Crippen molar-refractivity contribution in [1.82, 2.24) is 0 Å². The summed E-state index contributed by atoms with van der Waals surface area (Å²) in [5.74, 6) is -3.59. The van der Waals surface area contributed by atoms with E-state index in [0.29, 0.717) is 49.7 Å². The minimum atomic E-state index is -1.42. The second-order valence-electron chi connectivity index (χ2n) is 15.5. The molecule has 8 nitrogen and oxygen atoms in total. The lowest BCUT2D eigenvalue weighted by Gasteiger charge is -2.56. The second-order valence-corrected chi connectivity index (χ2v) is 16.4. The summed E-state index contributed by atoms with van der Waals surface area (Å²) < 4.78 is 17.9. The van der Waals surface area contributed by atoms with Gasteiger partial charge in [-0.1, -0.05) is 63.0 Å². The van der Waals surface area contributed by atoms with Crippen molar-refractivity contribution in [3.05, 3.63) is 57.1 Å². The number of allylic oxidation sites excluding steroid dienone is 3. The Balaban J connectivity index is 1.55. The number of carbonyl (C=O) groups is 5. The van der Waals surface area contributed by atoms with Crippen LogP contribution in [0, 0.1) is 51.2 Å². The molecule has 0 spiro atoms. The zero-order valence-electron chi connectivity index (χ0n) is 29.2. The van der Waals surface area contributed by atoms with E-state index in [2.05, 4.69) is 22.9 Å². The van der Waals surface area contributed by atoms with Crippen LogP contribution in [0.5, 0.6) is 0 Å². The van der Waals surface area contributed by atoms with Gasteiger partial charge in [-0.2, -0.15) is 0 Å². The lowest BCUT2D eigenvalue weighted by molar-refractivity contribution is -0.173. The number of esters is 3. The molecule has 2 saturated carbocycles. The Labute approximate surface area is 291 Å². The highest BCUT2D eigenvalue weighted by Crippen LogP contribution is 2.70. The van der Waals surface area contributed by atoms with Crippen molar-refractivity contribution in [3.63, 3.8) is 0 Å². The smallest absolute Gasteiger partial charge is 0.338 e. The predicted molar refractivity (Wildman–Crippen MR) is 181 cm³/mol. The highest BCUT2D eigenvalue weighted by molar-refractivity contribution is 9.10. The van der Waals surface area contributed by atoms with Gasteiger partial charge in [0.2, 0.25) is 0 Å². The number of benzene rings is 1. The first kappa shape index (κ1) is 34.8. The van der Waals surface area contributed by atoms with E-state index in [0.717, 1.165) is 15.6 Å². The third-order valence-corrected chi connectivity index (χ3v) is 14.6. The first-order valence-electron chi connectivity index (χ1n) is 17.3. The Hall–Kier alpha value is -3.07. The molecule has 0 unspecified atom stereocenters. The summed E-state index contributed by atoms with van der Waals surface area (Å²) in [5.41, 5.74) is -1.80. The summed E-state index contributed by atoms with van der Waals surface area (Å²) in [4.78, 5) is 70.9. The van der Waals surface area contributed by atoms with Gasteiger partial charge in [-0.25, -0.2) is 4.79 Å². The second kappa shape index (κ2) is 11.8. The minimum absolute atomic E-state index is 0.204. The van der Waals surface area contributed by atoms with Crippen molar-refractivity contribution < 1.29 is 38.2 Å². The molecule has 0 amide bonds. The molecule has 6 rings (SSSR count). The van der Waals surface area contributed by atoms with Crippen LogP contribution in [-0.4, -0.2) is 49.8 Å². The normalized spacial score (nSPS) is 40.4. The Morgan fingerprint density at radius 2 is 1.31 bits per heavy atom. The molecule has 2 fully saturated rings. The van der Waals surface area contributed by atoms with Gasteiger partial charge < -0.3 is 14.2 Å². The standard InChI is InChI=1S/C39H47BrO8/c1-20-15-17-36(5)22(3)27(19-29(41)38(20,36)34(44)46-7)26-13-14-28(48-33(43)24-9-11-25(40)12-10-24)30-23(4)37(6)18-16-21(2)39(37,35(45)47-8)32(42)31(26)30/h9-12,19-23,26,28H,13-18H2,1-8H3/t20-,21-,22+,23+,26-,28-,36+,37+,38-,39-/m1/s1. The average molecular weight is 724 g/mol. The summed E-state index contributed by atoms with van der Waals surface area (Å²) in [6.45, 7) is 12.0. The Morgan fingerprint density at radius 1 is 0.771 bits per heavy atom. The molecule has 0 aliphatic heterocycles. The third-order valence-electron chi connectivity index (χ3n) is 14.1. The molecule has 0 radical (unpaired) electrons. The van der Waals surface area contributed by atoms with Crippen molar-refractivity contribution in [1.29, 1.82) is 0 Å². The van der Waals surface area contributed by atoms with Gasteiger partial charge in [-0.3, -0.25) is 19.2 Å². The molecule has 0 heterocycles. The molecular weight excluding hydrogens is 676 g/mol. The Bertz CT molecular complexity index is 1660. The van der Waals surface area contributed by atoms with E-state index in [1.54, 1.807) is 30.3 Å². The maximum absolute atomic E-state index is 15.4. The molecule has 10 atom stereocenters. The fraction of sp³-hybridized carbons (Fsp3) is 0.615. The van der Waals surface area contributed by atoms with Crippen LogP contribution in [0.4, 0.5) is 0 Å². The van der Waals surface area contributed by atoms with Crippen molar-refractivity contribution in [2.75, 3.05) is 14.2 Å². The molecule has 0 aromatic heterocycles. The van der Waals surface area contributed by atoms with Crippen molar-refractivity contribution in [2.24, 2.45) is 51.2 Å². The van der Waals surface area contributed by atoms with E-state index in [1.807, 2.05) is 34.6 Å². The number of Topliss-reactive ketones (excluding diaryl/α,β-unsaturated/α-hetero) is 1. The van der Waals surface area contributed by atoms with Gasteiger partial charge in [0.25, 0.3) is 0 Å². The number of halogens is 1. The van der Waals surface area contributed by atoms with Crippen LogP contribution in [0.15, 0.2) is 51.5 Å². The molecular formula is C39H47BrO8. The van der Waals surface area contributed by atoms with Gasteiger partial charge >= 0.3 is 17.9 Å². The van der Waals surface area contributed by atoms with E-state index in [-0.39, 0.29) is 35.2 Å². The number of methoxy groups -OCH3 is 2. The number of ketones is 2. The Kier molecular flexibility index (Phi) is 8.53. The average Bonchev–Trinajstić information content (AvgIpc) is 3.52. The first-order chi connectivity index (χ1) is 22.6. The van der Waals surface area contributed by atoms with Gasteiger partial charge in [-0.15, -0.1) is 0 Å². The highest BCUT2D eigenvalue weighted by atomic mass is 79.9. The predicted octanol–water partition coefficient (Wildman–Crippen LogP) is 7.24. The fourth-order valence-electron chi connectivity index (χ4n) is 11.2. The largest absolute Gasteiger partial charge is 0.468 e. The van der Waals surface area contributed by atoms with Crippen molar-refractivity contribution in [2.45, 2.75) is 86.2 Å². The highest BCUT2D eigenvalue weighted by Gasteiger charge is 2.73. The van der Waals surface area contributed by atoms with E-state index in [1.165, 1.54) is 14.2 Å². The van der Waals surface area contributed by atoms with Crippen LogP contribution in [0.1, 0.15) is 90.4 Å². The summed E-state index contributed by atoms with van der Waals surface area (Å²) in [6, 6.07) is 6.96. The van der Waals surface area contributed by atoms with Crippen molar-refractivity contribution >= 4 is 45.4 Å². The summed E-state index contributed by atoms with van der Waals surface area (Å²) in [7, 11) is 2.67. The molecule has 0 N–H and O–H groups in total. The van der Waals surface area contributed by atoms with E-state index >= 15 is 4.79 Å². The molecule has 5 aliphatic carbocycles. The van der Waals surface area contributed by atoms with Crippen molar-refractivity contribution in [3.8, 4) is 0 Å². The monoisotopic (exact) mass is 722 g/mol. The first-order valence-corrected chi connectivity index (χ1v) is 18.1. The lowest BCUT2D eigenvalue weighted by Crippen LogP contribution is -2.61. The molecule has 0 bridgehead atoms. The Morgan fingerprint density at radius 3 is 1.90 bits per heavy atom. The summed E-state index contributed by atoms with van der Waals surface area (Å²) in [5, 5.41) is 0. The maximum Gasteiger partial charge on any atom is 0.338 e. The van der Waals surface area contributed by atoms with Crippen LogP contribution in [0.3, 0.4) is 0 Å². The van der Waals surface area contributed by atoms with Gasteiger partial charge in [0.1, 0.15) is 16.9 Å². The van der Waals surface area contributed by atoms with Gasteiger partial charge in [0.15, 0.2) is 11.6 Å². The van der Waals surface area contributed by atoms with Crippen LogP contribution >= 0.6 is 15.9 Å². The number of hydrogen-bond donors (Lipinski definition) is 0. The third kappa shape index (κ3) is 4.21.